The fourth-order valence-electron chi connectivity index (χ4n) is 2.45. The largest absolute Gasteiger partial charge is 0.503 e. The predicted octanol–water partition coefficient (Wildman–Crippen LogP) is 1.63. The molecule has 1 unspecified atom stereocenters. The molecule has 1 aromatic carbocycles. The summed E-state index contributed by atoms with van der Waals surface area (Å²) < 4.78 is 40.0. The van der Waals surface area contributed by atoms with Crippen LogP contribution in [0.4, 0.5) is 13.2 Å². The van der Waals surface area contributed by atoms with Gasteiger partial charge < -0.3 is 15.3 Å². The Bertz CT molecular complexity index is 537. The summed E-state index contributed by atoms with van der Waals surface area (Å²) >= 11 is 0. The van der Waals surface area contributed by atoms with E-state index in [4.69, 9.17) is 5.11 Å². The second-order valence-corrected chi connectivity index (χ2v) is 4.73. The molecule has 2 N–H and O–H groups in total. The highest BCUT2D eigenvalue weighted by molar-refractivity contribution is 5.95. The summed E-state index contributed by atoms with van der Waals surface area (Å²) in [6.45, 7) is 0.952. The van der Waals surface area contributed by atoms with Crippen LogP contribution in [-0.2, 0) is 0 Å². The van der Waals surface area contributed by atoms with Gasteiger partial charge in [-0.25, -0.2) is 8.78 Å². The van der Waals surface area contributed by atoms with Crippen molar-refractivity contribution in [2.75, 3.05) is 20.1 Å². The minimum Gasteiger partial charge on any atom is -0.503 e. The van der Waals surface area contributed by atoms with Gasteiger partial charge in [0.15, 0.2) is 17.4 Å². The normalized spacial score (nSPS) is 18.6. The first-order valence-electron chi connectivity index (χ1n) is 6.29. The summed E-state index contributed by atoms with van der Waals surface area (Å²) in [5, 5.41) is 12.1. The molecule has 110 valence electrons. The van der Waals surface area contributed by atoms with Gasteiger partial charge in [-0.3, -0.25) is 4.79 Å². The van der Waals surface area contributed by atoms with Crippen LogP contribution in [0.1, 0.15) is 23.2 Å². The van der Waals surface area contributed by atoms with Crippen LogP contribution in [0, 0.1) is 17.5 Å². The minimum absolute atomic E-state index is 0.123. The second kappa shape index (κ2) is 5.70. The van der Waals surface area contributed by atoms with Gasteiger partial charge in [0.2, 0.25) is 5.82 Å². The van der Waals surface area contributed by atoms with Crippen molar-refractivity contribution in [1.29, 1.82) is 0 Å². The molecule has 1 aliphatic heterocycles. The van der Waals surface area contributed by atoms with Crippen LogP contribution in [0.3, 0.4) is 0 Å². The van der Waals surface area contributed by atoms with Gasteiger partial charge in [0.25, 0.3) is 5.91 Å². The zero-order chi connectivity index (χ0) is 14.9. The van der Waals surface area contributed by atoms with Gasteiger partial charge in [0, 0.05) is 19.1 Å². The van der Waals surface area contributed by atoms with Crippen LogP contribution in [0.25, 0.3) is 0 Å². The lowest BCUT2D eigenvalue weighted by Crippen LogP contribution is -2.41. The molecule has 1 aromatic rings. The van der Waals surface area contributed by atoms with E-state index in [9.17, 15) is 18.0 Å². The van der Waals surface area contributed by atoms with Gasteiger partial charge in [0.05, 0.1) is 5.56 Å². The summed E-state index contributed by atoms with van der Waals surface area (Å²) in [6, 6.07) is 0.365. The van der Waals surface area contributed by atoms with Crippen molar-refractivity contribution in [3.63, 3.8) is 0 Å². The van der Waals surface area contributed by atoms with Crippen molar-refractivity contribution in [3.8, 4) is 5.75 Å². The molecule has 1 fully saturated rings. The van der Waals surface area contributed by atoms with Crippen LogP contribution < -0.4 is 5.32 Å². The SMILES string of the molecule is CNCC1CCCN1C(=O)c1cc(F)c(F)c(O)c1F. The number of likely N-dealkylation sites (N-methyl/N-ethyl adjacent to an activating group) is 1. The van der Waals surface area contributed by atoms with Gasteiger partial charge in [-0.1, -0.05) is 0 Å². The number of nitrogens with one attached hydrogen (secondary N) is 1. The number of phenolic OH excluding ortho intramolecular Hbond substituents is 1. The van der Waals surface area contributed by atoms with E-state index in [0.29, 0.717) is 19.2 Å². The van der Waals surface area contributed by atoms with E-state index in [1.807, 2.05) is 0 Å². The molecular weight excluding hydrogens is 273 g/mol. The molecule has 1 saturated heterocycles. The summed E-state index contributed by atoms with van der Waals surface area (Å²) in [4.78, 5) is 13.6. The zero-order valence-electron chi connectivity index (χ0n) is 10.9. The van der Waals surface area contributed by atoms with Crippen LogP contribution in [0.2, 0.25) is 0 Å². The highest BCUT2D eigenvalue weighted by atomic mass is 19.2. The number of hydrogen-bond donors (Lipinski definition) is 2. The first-order valence-corrected chi connectivity index (χ1v) is 6.29. The average molecular weight is 288 g/mol. The van der Waals surface area contributed by atoms with E-state index >= 15 is 0 Å². The Kier molecular flexibility index (Phi) is 4.17. The third kappa shape index (κ3) is 2.45. The topological polar surface area (TPSA) is 52.6 Å². The Morgan fingerprint density at radius 3 is 2.80 bits per heavy atom. The number of phenols is 1. The standard InChI is InChI=1S/C13H15F3N2O2/c1-17-6-7-3-2-4-18(7)13(20)8-5-9(14)11(16)12(19)10(8)15/h5,7,17,19H,2-4,6H2,1H3. The lowest BCUT2D eigenvalue weighted by atomic mass is 10.1. The van der Waals surface area contributed by atoms with E-state index in [1.54, 1.807) is 7.05 Å². The molecule has 0 spiro atoms. The lowest BCUT2D eigenvalue weighted by Gasteiger charge is -2.25. The van der Waals surface area contributed by atoms with Gasteiger partial charge in [-0.05, 0) is 26.0 Å². The Balaban J connectivity index is 2.34. The van der Waals surface area contributed by atoms with Gasteiger partial charge in [-0.15, -0.1) is 0 Å². The molecule has 1 atom stereocenters. The molecule has 4 nitrogen and oxygen atoms in total. The van der Waals surface area contributed by atoms with Crippen LogP contribution in [0.5, 0.6) is 5.75 Å². The number of nitrogens with zero attached hydrogens (tertiary/aromatic N) is 1. The maximum Gasteiger partial charge on any atom is 0.257 e. The van der Waals surface area contributed by atoms with Gasteiger partial charge in [0.1, 0.15) is 0 Å². The Hall–Kier alpha value is -1.76. The van der Waals surface area contributed by atoms with Crippen molar-refractivity contribution in [2.24, 2.45) is 0 Å². The molecule has 2 rings (SSSR count). The highest BCUT2D eigenvalue weighted by Gasteiger charge is 2.32. The molecule has 0 radical (unpaired) electrons. The van der Waals surface area contributed by atoms with E-state index in [-0.39, 0.29) is 6.04 Å². The smallest absolute Gasteiger partial charge is 0.257 e. The number of hydrogen-bond acceptors (Lipinski definition) is 3. The fraction of sp³-hybridized carbons (Fsp3) is 0.462. The number of carbonyl (C=O) groups excluding carboxylic acids is 1. The molecule has 20 heavy (non-hydrogen) atoms. The number of likely N-dealkylation sites (tertiary alicyclic amines) is 1. The number of benzene rings is 1. The van der Waals surface area contributed by atoms with E-state index < -0.39 is 34.7 Å². The van der Waals surface area contributed by atoms with Crippen molar-refractivity contribution >= 4 is 5.91 Å². The Labute approximate surface area is 114 Å². The summed E-state index contributed by atoms with van der Waals surface area (Å²) in [5.41, 5.74) is -0.649. The van der Waals surface area contributed by atoms with Crippen LogP contribution in [0.15, 0.2) is 6.07 Å². The van der Waals surface area contributed by atoms with E-state index in [0.717, 1.165) is 12.8 Å². The summed E-state index contributed by atoms with van der Waals surface area (Å²) in [6.07, 6.45) is 1.51. The van der Waals surface area contributed by atoms with Crippen LogP contribution >= 0.6 is 0 Å². The van der Waals surface area contributed by atoms with Gasteiger partial charge in [-0.2, -0.15) is 4.39 Å². The molecule has 0 bridgehead atoms. The van der Waals surface area contributed by atoms with Crippen molar-refractivity contribution in [1.82, 2.24) is 10.2 Å². The maximum atomic E-state index is 13.7. The first-order chi connectivity index (χ1) is 9.47. The number of halogens is 3. The highest BCUT2D eigenvalue weighted by Crippen LogP contribution is 2.28. The van der Waals surface area contributed by atoms with E-state index in [1.165, 1.54) is 4.90 Å². The zero-order valence-corrected chi connectivity index (χ0v) is 10.9. The molecular formula is C13H15F3N2O2. The average Bonchev–Trinajstić information content (AvgIpc) is 2.88. The van der Waals surface area contributed by atoms with Crippen molar-refractivity contribution in [2.45, 2.75) is 18.9 Å². The number of aromatic hydroxyl groups is 1. The van der Waals surface area contributed by atoms with Crippen molar-refractivity contribution < 1.29 is 23.1 Å². The number of rotatable bonds is 3. The van der Waals surface area contributed by atoms with Gasteiger partial charge >= 0.3 is 0 Å². The fourth-order valence-corrected chi connectivity index (χ4v) is 2.45. The number of carbonyl (C=O) groups is 1. The van der Waals surface area contributed by atoms with E-state index in [2.05, 4.69) is 5.32 Å². The maximum absolute atomic E-state index is 13.7. The molecule has 1 aliphatic rings. The molecule has 1 amide bonds. The second-order valence-electron chi connectivity index (χ2n) is 4.73. The number of amides is 1. The Morgan fingerprint density at radius 1 is 1.45 bits per heavy atom. The quantitative estimate of drug-likeness (QED) is 0.831. The molecule has 1 heterocycles. The molecule has 0 saturated carbocycles. The predicted molar refractivity (Wildman–Crippen MR) is 66.0 cm³/mol. The molecule has 0 aromatic heterocycles. The first kappa shape index (κ1) is 14.6. The molecule has 7 heteroatoms. The summed E-state index contributed by atoms with van der Waals surface area (Å²) in [5.74, 6) is -6.76. The third-order valence-electron chi connectivity index (χ3n) is 3.44. The van der Waals surface area contributed by atoms with Crippen molar-refractivity contribution in [3.05, 3.63) is 29.1 Å². The molecule has 0 aliphatic carbocycles. The van der Waals surface area contributed by atoms with Crippen LogP contribution in [-0.4, -0.2) is 42.1 Å². The lowest BCUT2D eigenvalue weighted by molar-refractivity contribution is 0.0730. The minimum atomic E-state index is -1.69. The Morgan fingerprint density at radius 2 is 2.15 bits per heavy atom. The summed E-state index contributed by atoms with van der Waals surface area (Å²) in [7, 11) is 1.73. The monoisotopic (exact) mass is 288 g/mol. The third-order valence-corrected chi connectivity index (χ3v) is 3.44.